The van der Waals surface area contributed by atoms with Crippen LogP contribution in [0.3, 0.4) is 0 Å². The van der Waals surface area contributed by atoms with Crippen LogP contribution in [0.15, 0.2) is 48.8 Å². The fourth-order valence-electron chi connectivity index (χ4n) is 2.05. The van der Waals surface area contributed by atoms with Crippen molar-refractivity contribution < 1.29 is 4.74 Å². The Hall–Kier alpha value is -1.42. The molecule has 0 bridgehead atoms. The van der Waals surface area contributed by atoms with Gasteiger partial charge in [0.1, 0.15) is 0 Å². The number of nitrogens with two attached hydrogens (primary N) is 1. The maximum atomic E-state index is 6.17. The highest BCUT2D eigenvalue weighted by Crippen LogP contribution is 2.23. The number of benzene rings is 1. The zero-order chi connectivity index (χ0) is 14.4. The Bertz CT molecular complexity index is 533. The zero-order valence-electron chi connectivity index (χ0n) is 11.5. The van der Waals surface area contributed by atoms with Gasteiger partial charge in [0.15, 0.2) is 0 Å². The largest absolute Gasteiger partial charge is 0.367 e. The molecule has 2 atom stereocenters. The summed E-state index contributed by atoms with van der Waals surface area (Å²) in [4.78, 5) is 4.03. The average molecular weight is 291 g/mol. The van der Waals surface area contributed by atoms with Gasteiger partial charge in [-0.1, -0.05) is 30.7 Å². The molecule has 1 heterocycles. The molecule has 0 saturated carbocycles. The summed E-state index contributed by atoms with van der Waals surface area (Å²) in [5.74, 6) is 0. The van der Waals surface area contributed by atoms with Gasteiger partial charge in [0.25, 0.3) is 0 Å². The van der Waals surface area contributed by atoms with E-state index >= 15 is 0 Å². The van der Waals surface area contributed by atoms with Crippen LogP contribution in [0.2, 0.25) is 5.02 Å². The van der Waals surface area contributed by atoms with Crippen molar-refractivity contribution >= 4 is 11.6 Å². The predicted octanol–water partition coefficient (Wildman–Crippen LogP) is 3.73. The van der Waals surface area contributed by atoms with Gasteiger partial charge in [0.05, 0.1) is 12.7 Å². The monoisotopic (exact) mass is 290 g/mol. The van der Waals surface area contributed by atoms with E-state index in [0.717, 1.165) is 17.5 Å². The topological polar surface area (TPSA) is 48.1 Å². The van der Waals surface area contributed by atoms with Crippen LogP contribution >= 0.6 is 11.6 Å². The molecule has 1 aromatic carbocycles. The van der Waals surface area contributed by atoms with Crippen LogP contribution in [-0.2, 0) is 11.3 Å². The smallest absolute Gasteiger partial charge is 0.0981 e. The van der Waals surface area contributed by atoms with Gasteiger partial charge in [-0.15, -0.1) is 0 Å². The molecule has 3 nitrogen and oxygen atoms in total. The third-order valence-corrected chi connectivity index (χ3v) is 3.45. The zero-order valence-corrected chi connectivity index (χ0v) is 12.3. The van der Waals surface area contributed by atoms with Gasteiger partial charge in [-0.05, 0) is 41.8 Å². The lowest BCUT2D eigenvalue weighted by Gasteiger charge is -2.23. The lowest BCUT2D eigenvalue weighted by Crippen LogP contribution is -2.29. The van der Waals surface area contributed by atoms with Crippen LogP contribution in [0.25, 0.3) is 0 Å². The van der Waals surface area contributed by atoms with Gasteiger partial charge in [0, 0.05) is 23.5 Å². The molecular formula is C16H19ClN2O. The Labute approximate surface area is 124 Å². The second-order valence-corrected chi connectivity index (χ2v) is 5.15. The Kier molecular flexibility index (Phi) is 5.53. The van der Waals surface area contributed by atoms with Crippen LogP contribution < -0.4 is 5.73 Å². The van der Waals surface area contributed by atoms with Crippen molar-refractivity contribution in [2.24, 2.45) is 5.73 Å². The third kappa shape index (κ3) is 4.04. The van der Waals surface area contributed by atoms with Crippen LogP contribution in [0.1, 0.15) is 30.6 Å². The van der Waals surface area contributed by atoms with E-state index in [4.69, 9.17) is 22.1 Å². The minimum Gasteiger partial charge on any atom is -0.367 e. The Morgan fingerprint density at radius 2 is 2.00 bits per heavy atom. The number of nitrogens with zero attached hydrogens (tertiary/aromatic N) is 1. The summed E-state index contributed by atoms with van der Waals surface area (Å²) in [5, 5.41) is 0.714. The molecule has 20 heavy (non-hydrogen) atoms. The number of aromatic nitrogens is 1. The lowest BCUT2D eigenvalue weighted by atomic mass is 10.0. The Balaban J connectivity index is 2.09. The van der Waals surface area contributed by atoms with Gasteiger partial charge in [-0.3, -0.25) is 4.98 Å². The van der Waals surface area contributed by atoms with Crippen molar-refractivity contribution in [3.05, 3.63) is 64.9 Å². The van der Waals surface area contributed by atoms with E-state index in [0.29, 0.717) is 11.6 Å². The minimum atomic E-state index is -0.137. The van der Waals surface area contributed by atoms with Crippen molar-refractivity contribution in [1.29, 1.82) is 0 Å². The minimum absolute atomic E-state index is 0.0448. The summed E-state index contributed by atoms with van der Waals surface area (Å²) >= 11 is 5.98. The standard InChI is InChI=1S/C16H19ClN2O/c1-2-15(18)16(13-6-8-19-9-7-13)20-11-12-4-3-5-14(17)10-12/h3-10,15-16H,2,11,18H2,1H3. The molecule has 2 unspecified atom stereocenters. The van der Waals surface area contributed by atoms with Crippen molar-refractivity contribution in [3.8, 4) is 0 Å². The highest BCUT2D eigenvalue weighted by molar-refractivity contribution is 6.30. The van der Waals surface area contributed by atoms with E-state index in [1.54, 1.807) is 12.4 Å². The first kappa shape index (κ1) is 15.0. The highest BCUT2D eigenvalue weighted by atomic mass is 35.5. The fourth-order valence-corrected chi connectivity index (χ4v) is 2.26. The Morgan fingerprint density at radius 3 is 2.65 bits per heavy atom. The first-order valence-corrected chi connectivity index (χ1v) is 7.10. The second kappa shape index (κ2) is 7.39. The van der Waals surface area contributed by atoms with Crippen LogP contribution in [0.4, 0.5) is 0 Å². The quantitative estimate of drug-likeness (QED) is 0.882. The molecule has 2 rings (SSSR count). The first-order chi connectivity index (χ1) is 9.70. The summed E-state index contributed by atoms with van der Waals surface area (Å²) < 4.78 is 6.01. The lowest BCUT2D eigenvalue weighted by molar-refractivity contribution is 0.0212. The van der Waals surface area contributed by atoms with Crippen LogP contribution in [0, 0.1) is 0 Å². The summed E-state index contributed by atoms with van der Waals surface area (Å²) in [5.41, 5.74) is 8.27. The SMILES string of the molecule is CCC(N)C(OCc1cccc(Cl)c1)c1ccncc1. The molecule has 106 valence electrons. The van der Waals surface area contributed by atoms with Gasteiger partial charge < -0.3 is 10.5 Å². The highest BCUT2D eigenvalue weighted by Gasteiger charge is 2.19. The predicted molar refractivity (Wildman–Crippen MR) is 81.5 cm³/mol. The van der Waals surface area contributed by atoms with E-state index in [1.807, 2.05) is 36.4 Å². The van der Waals surface area contributed by atoms with Crippen LogP contribution in [-0.4, -0.2) is 11.0 Å². The maximum Gasteiger partial charge on any atom is 0.0981 e. The molecule has 0 aliphatic rings. The number of halogens is 1. The number of hydrogen-bond donors (Lipinski definition) is 1. The molecule has 0 saturated heterocycles. The third-order valence-electron chi connectivity index (χ3n) is 3.21. The molecule has 0 aliphatic heterocycles. The first-order valence-electron chi connectivity index (χ1n) is 6.72. The van der Waals surface area contributed by atoms with Crippen LogP contribution in [0.5, 0.6) is 0 Å². The number of pyridine rings is 1. The Morgan fingerprint density at radius 1 is 1.25 bits per heavy atom. The molecule has 0 spiro atoms. The van der Waals surface area contributed by atoms with Gasteiger partial charge >= 0.3 is 0 Å². The van der Waals surface area contributed by atoms with Gasteiger partial charge in [0.2, 0.25) is 0 Å². The van der Waals surface area contributed by atoms with E-state index < -0.39 is 0 Å². The number of hydrogen-bond acceptors (Lipinski definition) is 3. The average Bonchev–Trinajstić information content (AvgIpc) is 2.48. The van der Waals surface area contributed by atoms with Crippen molar-refractivity contribution in [2.45, 2.75) is 32.1 Å². The molecule has 4 heteroatoms. The molecule has 0 fully saturated rings. The number of ether oxygens (including phenoxy) is 1. The van der Waals surface area contributed by atoms with E-state index in [2.05, 4.69) is 11.9 Å². The van der Waals surface area contributed by atoms with E-state index in [9.17, 15) is 0 Å². The fraction of sp³-hybridized carbons (Fsp3) is 0.312. The van der Waals surface area contributed by atoms with Crippen molar-refractivity contribution in [2.75, 3.05) is 0 Å². The van der Waals surface area contributed by atoms with E-state index in [1.165, 1.54) is 0 Å². The molecule has 1 aromatic heterocycles. The molecule has 0 aliphatic carbocycles. The maximum absolute atomic E-state index is 6.17. The van der Waals surface area contributed by atoms with Gasteiger partial charge in [-0.25, -0.2) is 0 Å². The summed E-state index contributed by atoms with van der Waals surface area (Å²) in [6, 6.07) is 11.5. The molecule has 0 amide bonds. The summed E-state index contributed by atoms with van der Waals surface area (Å²) in [6.07, 6.45) is 4.23. The molecule has 2 N–H and O–H groups in total. The number of rotatable bonds is 6. The van der Waals surface area contributed by atoms with Gasteiger partial charge in [-0.2, -0.15) is 0 Å². The van der Waals surface area contributed by atoms with E-state index in [-0.39, 0.29) is 12.1 Å². The van der Waals surface area contributed by atoms with Crippen molar-refractivity contribution in [3.63, 3.8) is 0 Å². The second-order valence-electron chi connectivity index (χ2n) is 4.71. The summed E-state index contributed by atoms with van der Waals surface area (Å²) in [6.45, 7) is 2.54. The molecular weight excluding hydrogens is 272 g/mol. The van der Waals surface area contributed by atoms with Crippen molar-refractivity contribution in [1.82, 2.24) is 4.98 Å². The normalized spacial score (nSPS) is 13.9. The molecule has 2 aromatic rings. The molecule has 0 radical (unpaired) electrons. The summed E-state index contributed by atoms with van der Waals surface area (Å²) in [7, 11) is 0.